The Kier molecular flexibility index (Phi) is 3.78. The predicted molar refractivity (Wildman–Crippen MR) is 67.4 cm³/mol. The molecular weight excluding hydrogens is 262 g/mol. The standard InChI is InChI=1S/C10H10ClN3S2/c1-3-9-13-10(16-14-9)15-7-4-8(11)12-5-6(7)2/h4-5H,3H2,1-2H3. The molecule has 0 saturated heterocycles. The minimum absolute atomic E-state index is 0.508. The third-order valence-electron chi connectivity index (χ3n) is 1.98. The molecule has 0 spiro atoms. The summed E-state index contributed by atoms with van der Waals surface area (Å²) in [5.41, 5.74) is 1.10. The van der Waals surface area contributed by atoms with E-state index in [9.17, 15) is 0 Å². The third-order valence-corrected chi connectivity index (χ3v) is 4.14. The molecule has 0 saturated carbocycles. The summed E-state index contributed by atoms with van der Waals surface area (Å²) in [4.78, 5) is 9.51. The van der Waals surface area contributed by atoms with Gasteiger partial charge < -0.3 is 0 Å². The summed E-state index contributed by atoms with van der Waals surface area (Å²) < 4.78 is 5.19. The van der Waals surface area contributed by atoms with Crippen LogP contribution in [0.2, 0.25) is 5.15 Å². The average molecular weight is 272 g/mol. The molecule has 0 aliphatic heterocycles. The van der Waals surface area contributed by atoms with E-state index in [1.165, 1.54) is 11.5 Å². The first kappa shape index (κ1) is 11.8. The molecule has 0 N–H and O–H groups in total. The average Bonchev–Trinajstić information content (AvgIpc) is 2.71. The number of halogens is 1. The Morgan fingerprint density at radius 3 is 3.00 bits per heavy atom. The molecule has 0 bridgehead atoms. The second kappa shape index (κ2) is 5.12. The molecule has 3 nitrogen and oxygen atoms in total. The van der Waals surface area contributed by atoms with Crippen LogP contribution in [0.3, 0.4) is 0 Å². The van der Waals surface area contributed by atoms with Gasteiger partial charge in [-0.3, -0.25) is 0 Å². The molecule has 2 rings (SSSR count). The highest BCUT2D eigenvalue weighted by Crippen LogP contribution is 2.32. The molecule has 84 valence electrons. The van der Waals surface area contributed by atoms with E-state index < -0.39 is 0 Å². The zero-order valence-corrected chi connectivity index (χ0v) is 11.3. The highest BCUT2D eigenvalue weighted by molar-refractivity contribution is 8.01. The van der Waals surface area contributed by atoms with Crippen molar-refractivity contribution in [1.29, 1.82) is 0 Å². The number of nitrogens with zero attached hydrogens (tertiary/aromatic N) is 3. The zero-order valence-electron chi connectivity index (χ0n) is 8.90. The van der Waals surface area contributed by atoms with E-state index in [1.54, 1.807) is 18.0 Å². The molecule has 0 unspecified atom stereocenters. The van der Waals surface area contributed by atoms with Gasteiger partial charge in [-0.1, -0.05) is 30.3 Å². The fourth-order valence-electron chi connectivity index (χ4n) is 1.11. The lowest BCUT2D eigenvalue weighted by molar-refractivity contribution is 0.971. The van der Waals surface area contributed by atoms with Gasteiger partial charge >= 0.3 is 0 Å². The second-order valence-corrected chi connectivity index (χ2v) is 5.63. The molecule has 0 amide bonds. The Bertz CT molecular complexity index is 499. The van der Waals surface area contributed by atoms with Gasteiger partial charge in [0.25, 0.3) is 0 Å². The molecule has 0 atom stereocenters. The summed E-state index contributed by atoms with van der Waals surface area (Å²) in [5.74, 6) is 0.894. The van der Waals surface area contributed by atoms with Crippen LogP contribution in [0.4, 0.5) is 0 Å². The van der Waals surface area contributed by atoms with Crippen molar-refractivity contribution in [2.75, 3.05) is 0 Å². The predicted octanol–water partition coefficient (Wildman–Crippen LogP) is 3.61. The second-order valence-electron chi connectivity index (χ2n) is 3.20. The number of aryl methyl sites for hydroxylation is 2. The van der Waals surface area contributed by atoms with E-state index in [2.05, 4.69) is 14.3 Å². The summed E-state index contributed by atoms with van der Waals surface area (Å²) in [6.07, 6.45) is 2.64. The molecular formula is C10H10ClN3S2. The van der Waals surface area contributed by atoms with Gasteiger partial charge in [0.1, 0.15) is 11.0 Å². The molecule has 0 fully saturated rings. The smallest absolute Gasteiger partial charge is 0.174 e. The van der Waals surface area contributed by atoms with Gasteiger partial charge in [-0.25, -0.2) is 9.97 Å². The van der Waals surface area contributed by atoms with Crippen molar-refractivity contribution in [2.24, 2.45) is 0 Å². The van der Waals surface area contributed by atoms with Crippen molar-refractivity contribution >= 4 is 34.9 Å². The van der Waals surface area contributed by atoms with Crippen LogP contribution in [0.15, 0.2) is 21.5 Å². The molecule has 2 aromatic rings. The monoisotopic (exact) mass is 271 g/mol. The fraction of sp³-hybridized carbons (Fsp3) is 0.300. The molecule has 2 aromatic heterocycles. The summed E-state index contributed by atoms with van der Waals surface area (Å²) in [7, 11) is 0. The summed E-state index contributed by atoms with van der Waals surface area (Å²) >= 11 is 8.87. The van der Waals surface area contributed by atoms with Crippen LogP contribution in [0.1, 0.15) is 18.3 Å². The maximum absolute atomic E-state index is 5.86. The Morgan fingerprint density at radius 1 is 1.50 bits per heavy atom. The number of hydrogen-bond acceptors (Lipinski definition) is 5. The zero-order chi connectivity index (χ0) is 11.5. The topological polar surface area (TPSA) is 38.7 Å². The highest BCUT2D eigenvalue weighted by Gasteiger charge is 2.07. The van der Waals surface area contributed by atoms with Gasteiger partial charge in [0.2, 0.25) is 0 Å². The minimum Gasteiger partial charge on any atom is -0.244 e. The van der Waals surface area contributed by atoms with E-state index in [-0.39, 0.29) is 0 Å². The number of rotatable bonds is 3. The van der Waals surface area contributed by atoms with Crippen LogP contribution in [0, 0.1) is 6.92 Å². The van der Waals surface area contributed by atoms with E-state index in [1.807, 2.05) is 19.9 Å². The number of hydrogen-bond donors (Lipinski definition) is 0. The van der Waals surface area contributed by atoms with Crippen molar-refractivity contribution in [1.82, 2.24) is 14.3 Å². The van der Waals surface area contributed by atoms with E-state index in [0.717, 1.165) is 27.0 Å². The number of pyridine rings is 1. The van der Waals surface area contributed by atoms with Gasteiger partial charge in [0.05, 0.1) is 0 Å². The number of aromatic nitrogens is 3. The van der Waals surface area contributed by atoms with Crippen molar-refractivity contribution in [2.45, 2.75) is 29.5 Å². The Morgan fingerprint density at radius 2 is 2.31 bits per heavy atom. The van der Waals surface area contributed by atoms with Crippen LogP contribution >= 0.6 is 34.9 Å². The largest absolute Gasteiger partial charge is 0.244 e. The molecule has 6 heteroatoms. The SMILES string of the molecule is CCc1nsc(Sc2cc(Cl)ncc2C)n1. The van der Waals surface area contributed by atoms with Crippen LogP contribution < -0.4 is 0 Å². The maximum atomic E-state index is 5.86. The molecule has 2 heterocycles. The van der Waals surface area contributed by atoms with Gasteiger partial charge in [0, 0.05) is 17.5 Å². The van der Waals surface area contributed by atoms with Crippen LogP contribution in [-0.2, 0) is 6.42 Å². The van der Waals surface area contributed by atoms with Gasteiger partial charge in [-0.15, -0.1) is 0 Å². The normalized spacial score (nSPS) is 10.7. The highest BCUT2D eigenvalue weighted by atomic mass is 35.5. The lowest BCUT2D eigenvalue weighted by Crippen LogP contribution is -1.84. The fourth-order valence-corrected chi connectivity index (χ4v) is 3.08. The van der Waals surface area contributed by atoms with Gasteiger partial charge in [-0.05, 0) is 30.1 Å². The minimum atomic E-state index is 0.508. The van der Waals surface area contributed by atoms with Crippen LogP contribution in [-0.4, -0.2) is 14.3 Å². The Hall–Kier alpha value is -0.650. The summed E-state index contributed by atoms with van der Waals surface area (Å²) in [6.45, 7) is 4.05. The van der Waals surface area contributed by atoms with Gasteiger partial charge in [-0.2, -0.15) is 4.37 Å². The van der Waals surface area contributed by atoms with Crippen LogP contribution in [0.25, 0.3) is 0 Å². The third kappa shape index (κ3) is 2.72. The molecule has 16 heavy (non-hydrogen) atoms. The van der Waals surface area contributed by atoms with Crippen molar-refractivity contribution in [3.63, 3.8) is 0 Å². The van der Waals surface area contributed by atoms with E-state index in [0.29, 0.717) is 5.15 Å². The van der Waals surface area contributed by atoms with E-state index >= 15 is 0 Å². The quantitative estimate of drug-likeness (QED) is 0.800. The molecule has 0 aromatic carbocycles. The van der Waals surface area contributed by atoms with Gasteiger partial charge in [0.15, 0.2) is 4.34 Å². The van der Waals surface area contributed by atoms with E-state index in [4.69, 9.17) is 11.6 Å². The lowest BCUT2D eigenvalue weighted by Gasteiger charge is -2.01. The molecule has 0 aliphatic rings. The van der Waals surface area contributed by atoms with Crippen molar-refractivity contribution < 1.29 is 0 Å². The summed E-state index contributed by atoms with van der Waals surface area (Å²) in [5, 5.41) is 0.508. The van der Waals surface area contributed by atoms with Crippen LogP contribution in [0.5, 0.6) is 0 Å². The first-order valence-electron chi connectivity index (χ1n) is 4.81. The lowest BCUT2D eigenvalue weighted by atomic mass is 10.3. The first-order chi connectivity index (χ1) is 7.69. The summed E-state index contributed by atoms with van der Waals surface area (Å²) in [6, 6.07) is 1.86. The first-order valence-corrected chi connectivity index (χ1v) is 6.78. The molecule has 0 radical (unpaired) electrons. The van der Waals surface area contributed by atoms with Crippen molar-refractivity contribution in [3.05, 3.63) is 28.8 Å². The van der Waals surface area contributed by atoms with Crippen molar-refractivity contribution in [3.8, 4) is 0 Å². The maximum Gasteiger partial charge on any atom is 0.174 e. The Balaban J connectivity index is 2.22. The molecule has 0 aliphatic carbocycles. The Labute approximate surface area is 107 Å².